The van der Waals surface area contributed by atoms with Crippen LogP contribution in [0.25, 0.3) is 0 Å². The Labute approximate surface area is 130 Å². The van der Waals surface area contributed by atoms with Crippen LogP contribution in [0.4, 0.5) is 4.79 Å². The zero-order valence-corrected chi connectivity index (χ0v) is 13.5. The van der Waals surface area contributed by atoms with E-state index in [0.29, 0.717) is 13.0 Å². The third-order valence-electron chi connectivity index (χ3n) is 3.08. The molecule has 0 aliphatic carbocycles. The first-order valence-electron chi connectivity index (χ1n) is 7.27. The molecule has 0 unspecified atom stereocenters. The molecule has 0 saturated carbocycles. The number of carbonyl (C=O) groups is 3. The predicted octanol–water partition coefficient (Wildman–Crippen LogP) is 0.126. The largest absolute Gasteiger partial charge is 0.444 e. The van der Waals surface area contributed by atoms with Crippen LogP contribution in [0.1, 0.15) is 33.6 Å². The molecule has 0 radical (unpaired) electrons. The number of hydrogen-bond acceptors (Lipinski definition) is 5. The van der Waals surface area contributed by atoms with Gasteiger partial charge in [-0.2, -0.15) is 0 Å². The predicted molar refractivity (Wildman–Crippen MR) is 78.9 cm³/mol. The molecule has 1 aliphatic rings. The Hall–Kier alpha value is -1.83. The molecule has 3 amide bonds. The molecule has 8 heteroatoms. The zero-order valence-electron chi connectivity index (χ0n) is 13.5. The average Bonchev–Trinajstić information content (AvgIpc) is 2.78. The average molecular weight is 315 g/mol. The Bertz CT molecular complexity index is 419. The van der Waals surface area contributed by atoms with Gasteiger partial charge in [0.25, 0.3) is 0 Å². The Morgan fingerprint density at radius 3 is 2.59 bits per heavy atom. The van der Waals surface area contributed by atoms with E-state index in [1.165, 1.54) is 7.11 Å². The lowest BCUT2D eigenvalue weighted by molar-refractivity contribution is -0.126. The van der Waals surface area contributed by atoms with Crippen molar-refractivity contribution < 1.29 is 23.9 Å². The van der Waals surface area contributed by atoms with Crippen LogP contribution in [-0.2, 0) is 19.1 Å². The number of alkyl carbamates (subject to hydrolysis) is 1. The minimum absolute atomic E-state index is 0.0300. The van der Waals surface area contributed by atoms with Crippen molar-refractivity contribution in [3.8, 4) is 0 Å². The summed E-state index contributed by atoms with van der Waals surface area (Å²) in [4.78, 5) is 35.6. The second-order valence-electron chi connectivity index (χ2n) is 6.19. The number of ether oxygens (including phenoxy) is 2. The van der Waals surface area contributed by atoms with E-state index in [2.05, 4.69) is 16.0 Å². The minimum Gasteiger partial charge on any atom is -0.444 e. The summed E-state index contributed by atoms with van der Waals surface area (Å²) in [7, 11) is 1.45. The number of carbonyl (C=O) groups excluding carboxylic acids is 3. The van der Waals surface area contributed by atoms with Gasteiger partial charge in [-0.1, -0.05) is 0 Å². The van der Waals surface area contributed by atoms with Gasteiger partial charge in [-0.15, -0.1) is 0 Å². The molecule has 8 nitrogen and oxygen atoms in total. The van der Waals surface area contributed by atoms with Crippen LogP contribution in [0.3, 0.4) is 0 Å². The van der Waals surface area contributed by atoms with Gasteiger partial charge >= 0.3 is 6.09 Å². The molecule has 1 aliphatic heterocycles. The number of rotatable bonds is 6. The molecule has 2 atom stereocenters. The molecule has 1 saturated heterocycles. The molecule has 1 fully saturated rings. The van der Waals surface area contributed by atoms with E-state index in [4.69, 9.17) is 9.47 Å². The summed E-state index contributed by atoms with van der Waals surface area (Å²) in [5.74, 6) is -0.809. The molecular formula is C14H25N3O5. The molecule has 3 N–H and O–H groups in total. The summed E-state index contributed by atoms with van der Waals surface area (Å²) in [5, 5.41) is 7.76. The quantitative estimate of drug-likeness (QED) is 0.604. The maximum absolute atomic E-state index is 12.1. The van der Waals surface area contributed by atoms with Gasteiger partial charge < -0.3 is 25.4 Å². The molecule has 0 aromatic carbocycles. The van der Waals surface area contributed by atoms with Crippen LogP contribution >= 0.6 is 0 Å². The van der Waals surface area contributed by atoms with E-state index in [1.54, 1.807) is 20.8 Å². The zero-order chi connectivity index (χ0) is 16.8. The smallest absolute Gasteiger partial charge is 0.408 e. The fraction of sp³-hybridized carbons (Fsp3) is 0.786. The summed E-state index contributed by atoms with van der Waals surface area (Å²) in [6.45, 7) is 5.82. The maximum Gasteiger partial charge on any atom is 0.408 e. The van der Waals surface area contributed by atoms with Gasteiger partial charge in [0, 0.05) is 19.6 Å². The topological polar surface area (TPSA) is 106 Å². The monoisotopic (exact) mass is 315 g/mol. The highest BCUT2D eigenvalue weighted by Crippen LogP contribution is 2.17. The van der Waals surface area contributed by atoms with E-state index in [1.807, 2.05) is 0 Å². The fourth-order valence-electron chi connectivity index (χ4n) is 2.10. The van der Waals surface area contributed by atoms with Crippen LogP contribution in [0, 0.1) is 5.92 Å². The van der Waals surface area contributed by atoms with Crippen molar-refractivity contribution in [3.05, 3.63) is 0 Å². The molecule has 0 bridgehead atoms. The van der Waals surface area contributed by atoms with Crippen LogP contribution in [0.5, 0.6) is 0 Å². The maximum atomic E-state index is 12.1. The first kappa shape index (κ1) is 18.2. The third kappa shape index (κ3) is 6.30. The van der Waals surface area contributed by atoms with Crippen molar-refractivity contribution in [1.29, 1.82) is 0 Å². The van der Waals surface area contributed by atoms with Gasteiger partial charge in [0.2, 0.25) is 11.8 Å². The Morgan fingerprint density at radius 1 is 1.41 bits per heavy atom. The van der Waals surface area contributed by atoms with Gasteiger partial charge in [0.05, 0.1) is 0 Å². The highest BCUT2D eigenvalue weighted by atomic mass is 16.6. The fourth-order valence-corrected chi connectivity index (χ4v) is 2.10. The van der Waals surface area contributed by atoms with E-state index in [0.717, 1.165) is 0 Å². The van der Waals surface area contributed by atoms with Crippen LogP contribution in [0.2, 0.25) is 0 Å². The first-order chi connectivity index (χ1) is 10.2. The van der Waals surface area contributed by atoms with E-state index in [9.17, 15) is 14.4 Å². The van der Waals surface area contributed by atoms with Gasteiger partial charge in [-0.05, 0) is 33.6 Å². The highest BCUT2D eigenvalue weighted by Gasteiger charge is 2.32. The summed E-state index contributed by atoms with van der Waals surface area (Å²) in [6, 6.07) is -0.848. The SMILES string of the molecule is COCNC(=O)[C@H](C[C@@H]1CCNC1=O)NC(=O)OC(C)(C)C. The highest BCUT2D eigenvalue weighted by molar-refractivity contribution is 5.87. The van der Waals surface area contributed by atoms with Crippen molar-refractivity contribution >= 4 is 17.9 Å². The lowest BCUT2D eigenvalue weighted by atomic mass is 9.98. The number of nitrogens with one attached hydrogen (secondary N) is 3. The van der Waals surface area contributed by atoms with E-state index < -0.39 is 23.6 Å². The van der Waals surface area contributed by atoms with Gasteiger partial charge in [-0.25, -0.2) is 4.79 Å². The summed E-state index contributed by atoms with van der Waals surface area (Å²) >= 11 is 0. The van der Waals surface area contributed by atoms with Crippen molar-refractivity contribution in [1.82, 2.24) is 16.0 Å². The lowest BCUT2D eigenvalue weighted by Crippen LogP contribution is -2.49. The van der Waals surface area contributed by atoms with Crippen molar-refractivity contribution in [3.63, 3.8) is 0 Å². The number of methoxy groups -OCH3 is 1. The van der Waals surface area contributed by atoms with Crippen LogP contribution < -0.4 is 16.0 Å². The van der Waals surface area contributed by atoms with Crippen LogP contribution in [-0.4, -0.2) is 49.9 Å². The minimum atomic E-state index is -0.848. The van der Waals surface area contributed by atoms with Crippen molar-refractivity contribution in [2.75, 3.05) is 20.4 Å². The normalized spacial score (nSPS) is 19.3. The van der Waals surface area contributed by atoms with Crippen molar-refractivity contribution in [2.24, 2.45) is 5.92 Å². The van der Waals surface area contributed by atoms with E-state index >= 15 is 0 Å². The molecule has 0 aromatic rings. The molecule has 1 rings (SSSR count). The molecule has 22 heavy (non-hydrogen) atoms. The van der Waals surface area contributed by atoms with Gasteiger partial charge in [-0.3, -0.25) is 9.59 Å². The number of hydrogen-bond donors (Lipinski definition) is 3. The Balaban J connectivity index is 2.66. The number of amides is 3. The van der Waals surface area contributed by atoms with Crippen molar-refractivity contribution in [2.45, 2.75) is 45.3 Å². The molecule has 0 aromatic heterocycles. The molecule has 1 heterocycles. The summed E-state index contributed by atoms with van der Waals surface area (Å²) < 4.78 is 9.94. The third-order valence-corrected chi connectivity index (χ3v) is 3.08. The van der Waals surface area contributed by atoms with Gasteiger partial charge in [0.15, 0.2) is 0 Å². The molecule has 126 valence electrons. The Morgan fingerprint density at radius 2 is 2.09 bits per heavy atom. The van der Waals surface area contributed by atoms with Gasteiger partial charge in [0.1, 0.15) is 18.4 Å². The first-order valence-corrected chi connectivity index (χ1v) is 7.27. The molecular weight excluding hydrogens is 290 g/mol. The Kier molecular flexibility index (Phi) is 6.61. The standard InChI is InChI=1S/C14H25N3O5/c1-14(2,3)22-13(20)17-10(12(19)16-8-21-4)7-9-5-6-15-11(9)18/h9-10H,5-8H2,1-4H3,(H,15,18)(H,16,19)(H,17,20)/t9-,10-/m0/s1. The second-order valence-corrected chi connectivity index (χ2v) is 6.19. The van der Waals surface area contributed by atoms with E-state index in [-0.39, 0.29) is 25.0 Å². The second kappa shape index (κ2) is 7.98. The molecule has 0 spiro atoms. The lowest BCUT2D eigenvalue weighted by Gasteiger charge is -2.24. The van der Waals surface area contributed by atoms with Crippen LogP contribution in [0.15, 0.2) is 0 Å². The summed E-state index contributed by atoms with van der Waals surface area (Å²) in [6.07, 6.45) is 0.173. The summed E-state index contributed by atoms with van der Waals surface area (Å²) in [5.41, 5.74) is -0.664.